The number of hydrogen-bond acceptors (Lipinski definition) is 5. The largest absolute Gasteiger partial charge is 0.395 e. The predicted octanol–water partition coefficient (Wildman–Crippen LogP) is 2.64. The fraction of sp³-hybridized carbons (Fsp3) is 0.211. The number of amides is 2. The Bertz CT molecular complexity index is 796. The fourth-order valence-electron chi connectivity index (χ4n) is 2.55. The molecule has 6 nitrogen and oxygen atoms in total. The summed E-state index contributed by atoms with van der Waals surface area (Å²) in [4.78, 5) is 30.8. The van der Waals surface area contributed by atoms with E-state index in [1.807, 2.05) is 48.5 Å². The van der Waals surface area contributed by atoms with Crippen molar-refractivity contribution in [1.82, 2.24) is 4.90 Å². The van der Waals surface area contributed by atoms with Crippen molar-refractivity contribution < 1.29 is 14.7 Å². The number of benzene rings is 2. The number of nitrogens with zero attached hydrogens (tertiary/aromatic N) is 2. The van der Waals surface area contributed by atoms with Crippen molar-refractivity contribution in [3.8, 4) is 0 Å². The Morgan fingerprint density at radius 2 is 1.77 bits per heavy atom. The van der Waals surface area contributed by atoms with Gasteiger partial charge >= 0.3 is 0 Å². The van der Waals surface area contributed by atoms with Crippen LogP contribution in [-0.4, -0.2) is 45.4 Å². The maximum atomic E-state index is 12.6. The van der Waals surface area contributed by atoms with Gasteiger partial charge in [0.15, 0.2) is 5.17 Å². The molecule has 0 spiro atoms. The topological polar surface area (TPSA) is 82.0 Å². The molecule has 3 rings (SSSR count). The number of hydrogen-bond donors (Lipinski definition) is 2. The Morgan fingerprint density at radius 3 is 2.42 bits per heavy atom. The third-order valence-electron chi connectivity index (χ3n) is 3.75. The van der Waals surface area contributed by atoms with Gasteiger partial charge in [-0.15, -0.1) is 0 Å². The van der Waals surface area contributed by atoms with Crippen LogP contribution in [0.1, 0.15) is 6.42 Å². The highest BCUT2D eigenvalue weighted by molar-refractivity contribution is 8.15. The second kappa shape index (κ2) is 8.64. The maximum Gasteiger partial charge on any atom is 0.242 e. The first-order chi connectivity index (χ1) is 12.7. The number of nitrogens with one attached hydrogen (secondary N) is 1. The van der Waals surface area contributed by atoms with Crippen molar-refractivity contribution in [1.29, 1.82) is 0 Å². The van der Waals surface area contributed by atoms with Crippen molar-refractivity contribution in [2.75, 3.05) is 18.5 Å². The van der Waals surface area contributed by atoms with Gasteiger partial charge in [-0.25, -0.2) is 4.99 Å². The van der Waals surface area contributed by atoms with Gasteiger partial charge in [-0.05, 0) is 24.3 Å². The first-order valence-corrected chi connectivity index (χ1v) is 9.13. The third kappa shape index (κ3) is 4.50. The Kier molecular flexibility index (Phi) is 6.04. The number of aliphatic hydroxyl groups is 1. The molecule has 1 aliphatic heterocycles. The zero-order valence-corrected chi connectivity index (χ0v) is 14.9. The highest BCUT2D eigenvalue weighted by atomic mass is 32.2. The first-order valence-electron chi connectivity index (χ1n) is 8.25. The van der Waals surface area contributed by atoms with Gasteiger partial charge in [0.2, 0.25) is 11.8 Å². The van der Waals surface area contributed by atoms with Crippen LogP contribution in [0.15, 0.2) is 65.7 Å². The molecule has 2 N–H and O–H groups in total. The van der Waals surface area contributed by atoms with Crippen LogP contribution in [0.5, 0.6) is 0 Å². The molecule has 1 fully saturated rings. The Morgan fingerprint density at radius 1 is 1.12 bits per heavy atom. The van der Waals surface area contributed by atoms with Gasteiger partial charge in [0.1, 0.15) is 5.25 Å². The van der Waals surface area contributed by atoms with E-state index in [1.165, 1.54) is 16.7 Å². The molecule has 2 aromatic rings. The number of para-hydroxylation sites is 2. The Hall–Kier alpha value is -2.64. The van der Waals surface area contributed by atoms with Gasteiger partial charge in [0.05, 0.1) is 18.8 Å². The van der Waals surface area contributed by atoms with Crippen molar-refractivity contribution in [3.63, 3.8) is 0 Å². The van der Waals surface area contributed by atoms with E-state index in [0.717, 1.165) is 5.69 Å². The van der Waals surface area contributed by atoms with Crippen LogP contribution in [0.4, 0.5) is 11.4 Å². The average Bonchev–Trinajstić information content (AvgIpc) is 2.92. The van der Waals surface area contributed by atoms with Crippen molar-refractivity contribution in [2.45, 2.75) is 11.7 Å². The Labute approximate surface area is 155 Å². The minimum atomic E-state index is -0.548. The van der Waals surface area contributed by atoms with E-state index in [2.05, 4.69) is 10.3 Å². The van der Waals surface area contributed by atoms with Crippen LogP contribution in [0.3, 0.4) is 0 Å². The molecular formula is C19H19N3O3S. The number of rotatable bonds is 6. The maximum absolute atomic E-state index is 12.6. The average molecular weight is 369 g/mol. The molecule has 2 aromatic carbocycles. The highest BCUT2D eigenvalue weighted by Crippen LogP contribution is 2.31. The molecule has 1 atom stereocenters. The summed E-state index contributed by atoms with van der Waals surface area (Å²) in [7, 11) is 0. The summed E-state index contributed by atoms with van der Waals surface area (Å²) in [5.74, 6) is -0.436. The van der Waals surface area contributed by atoms with Gasteiger partial charge in [-0.1, -0.05) is 48.2 Å². The van der Waals surface area contributed by atoms with Crippen molar-refractivity contribution >= 4 is 40.1 Å². The van der Waals surface area contributed by atoms with Crippen LogP contribution in [-0.2, 0) is 9.59 Å². The summed E-state index contributed by atoms with van der Waals surface area (Å²) >= 11 is 1.25. The van der Waals surface area contributed by atoms with Crippen LogP contribution in [0, 0.1) is 0 Å². The second-order valence-electron chi connectivity index (χ2n) is 5.67. The molecule has 1 saturated heterocycles. The number of thioether (sulfide) groups is 1. The van der Waals surface area contributed by atoms with Gasteiger partial charge in [0.25, 0.3) is 0 Å². The number of β-amino-alcohol motifs (C(OH)–C–C–N with tert-alkyl or cyclic N) is 1. The molecule has 7 heteroatoms. The van der Waals surface area contributed by atoms with E-state index >= 15 is 0 Å². The third-order valence-corrected chi connectivity index (χ3v) is 4.93. The molecule has 134 valence electrons. The SMILES string of the molecule is O=C(C[C@@H]1SC(=Nc2ccccc2)N(CCO)C1=O)Nc1ccccc1. The molecular weight excluding hydrogens is 350 g/mol. The quantitative estimate of drug-likeness (QED) is 0.820. The van der Waals surface area contributed by atoms with Crippen LogP contribution in [0.2, 0.25) is 0 Å². The van der Waals surface area contributed by atoms with Crippen LogP contribution >= 0.6 is 11.8 Å². The monoisotopic (exact) mass is 369 g/mol. The zero-order valence-electron chi connectivity index (χ0n) is 14.0. The number of carbonyl (C=O) groups excluding carboxylic acids is 2. The number of amidine groups is 1. The molecule has 0 unspecified atom stereocenters. The number of anilines is 1. The van der Waals surface area contributed by atoms with E-state index in [9.17, 15) is 14.7 Å². The lowest BCUT2D eigenvalue weighted by atomic mass is 10.2. The fourth-order valence-corrected chi connectivity index (χ4v) is 3.73. The molecule has 0 saturated carbocycles. The van der Waals surface area contributed by atoms with E-state index in [-0.39, 0.29) is 31.4 Å². The van der Waals surface area contributed by atoms with E-state index < -0.39 is 5.25 Å². The number of carbonyl (C=O) groups is 2. The van der Waals surface area contributed by atoms with E-state index in [1.54, 1.807) is 12.1 Å². The van der Waals surface area contributed by atoms with Gasteiger partial charge in [0, 0.05) is 12.1 Å². The van der Waals surface area contributed by atoms with Crippen LogP contribution in [0.25, 0.3) is 0 Å². The van der Waals surface area contributed by atoms with Gasteiger partial charge in [-0.2, -0.15) is 0 Å². The number of aliphatic hydroxyl groups excluding tert-OH is 1. The molecule has 0 bridgehead atoms. The molecule has 2 amide bonds. The molecule has 0 aliphatic carbocycles. The number of aliphatic imine (C=N–C) groups is 1. The lowest BCUT2D eigenvalue weighted by molar-refractivity contribution is -0.128. The van der Waals surface area contributed by atoms with Crippen molar-refractivity contribution in [2.24, 2.45) is 4.99 Å². The van der Waals surface area contributed by atoms with Crippen molar-refractivity contribution in [3.05, 3.63) is 60.7 Å². The summed E-state index contributed by atoms with van der Waals surface area (Å²) in [6.07, 6.45) is 0.0497. The Balaban J connectivity index is 1.71. The lowest BCUT2D eigenvalue weighted by Gasteiger charge is -2.14. The standard InChI is InChI=1S/C19H19N3O3S/c23-12-11-22-18(25)16(13-17(24)20-14-7-3-1-4-8-14)26-19(22)21-15-9-5-2-6-10-15/h1-10,16,23H,11-13H2,(H,20,24)/t16-/m0/s1. The molecule has 26 heavy (non-hydrogen) atoms. The molecule has 1 heterocycles. The highest BCUT2D eigenvalue weighted by Gasteiger charge is 2.38. The minimum absolute atomic E-state index is 0.0497. The summed E-state index contributed by atoms with van der Waals surface area (Å²) in [5.41, 5.74) is 1.42. The van der Waals surface area contributed by atoms with Gasteiger partial charge < -0.3 is 10.4 Å². The van der Waals surface area contributed by atoms with Crippen LogP contribution < -0.4 is 5.32 Å². The normalized spacial score (nSPS) is 18.3. The molecule has 1 aliphatic rings. The second-order valence-corrected chi connectivity index (χ2v) is 6.84. The van der Waals surface area contributed by atoms with Gasteiger partial charge in [-0.3, -0.25) is 14.5 Å². The molecule has 0 aromatic heterocycles. The summed E-state index contributed by atoms with van der Waals surface area (Å²) in [5, 5.41) is 12.0. The first kappa shape index (κ1) is 18.2. The van der Waals surface area contributed by atoms with E-state index in [4.69, 9.17) is 0 Å². The summed E-state index contributed by atoms with van der Waals surface area (Å²) in [6.45, 7) is -0.00263. The molecule has 0 radical (unpaired) electrons. The summed E-state index contributed by atoms with van der Waals surface area (Å²) in [6, 6.07) is 18.4. The smallest absolute Gasteiger partial charge is 0.242 e. The zero-order chi connectivity index (χ0) is 18.4. The van der Waals surface area contributed by atoms with E-state index in [0.29, 0.717) is 10.9 Å². The predicted molar refractivity (Wildman–Crippen MR) is 103 cm³/mol. The minimum Gasteiger partial charge on any atom is -0.395 e. The summed E-state index contributed by atoms with van der Waals surface area (Å²) < 4.78 is 0. The lowest BCUT2D eigenvalue weighted by Crippen LogP contribution is -2.35.